The molecule has 0 rings (SSSR count). The standard InChI is InChI=1S/C7H12O3/c1-3-4-7(10-2)6(9)5-8/h6-9H,5H2,1-2H3/t6-,7+/m0/s1. The number of ether oxygens (including phenoxy) is 1. The van der Waals surface area contributed by atoms with E-state index in [2.05, 4.69) is 11.8 Å². The summed E-state index contributed by atoms with van der Waals surface area (Å²) in [5, 5.41) is 17.4. The molecule has 0 saturated carbocycles. The quantitative estimate of drug-likeness (QED) is 0.519. The highest BCUT2D eigenvalue weighted by atomic mass is 16.5. The van der Waals surface area contributed by atoms with Crippen molar-refractivity contribution in [3.05, 3.63) is 0 Å². The molecule has 0 bridgehead atoms. The number of methoxy groups -OCH3 is 1. The second-order valence-corrected chi connectivity index (χ2v) is 1.80. The van der Waals surface area contributed by atoms with E-state index in [-0.39, 0.29) is 6.61 Å². The number of aliphatic hydroxyl groups excluding tert-OH is 2. The summed E-state index contributed by atoms with van der Waals surface area (Å²) in [6, 6.07) is 0. The lowest BCUT2D eigenvalue weighted by Crippen LogP contribution is -2.29. The Morgan fingerprint density at radius 2 is 2.20 bits per heavy atom. The van der Waals surface area contributed by atoms with Crippen LogP contribution < -0.4 is 0 Å². The molecule has 0 saturated heterocycles. The second-order valence-electron chi connectivity index (χ2n) is 1.80. The van der Waals surface area contributed by atoms with Crippen LogP contribution in [0.4, 0.5) is 0 Å². The fraction of sp³-hybridized carbons (Fsp3) is 0.714. The first kappa shape index (κ1) is 9.44. The van der Waals surface area contributed by atoms with Crippen LogP contribution in [0.25, 0.3) is 0 Å². The van der Waals surface area contributed by atoms with Crippen molar-refractivity contribution < 1.29 is 14.9 Å². The molecule has 0 aromatic rings. The van der Waals surface area contributed by atoms with E-state index in [9.17, 15) is 0 Å². The van der Waals surface area contributed by atoms with Crippen molar-refractivity contribution in [1.82, 2.24) is 0 Å². The fourth-order valence-corrected chi connectivity index (χ4v) is 0.550. The van der Waals surface area contributed by atoms with E-state index in [0.29, 0.717) is 0 Å². The largest absolute Gasteiger partial charge is 0.394 e. The van der Waals surface area contributed by atoms with Crippen molar-refractivity contribution in [3.63, 3.8) is 0 Å². The van der Waals surface area contributed by atoms with Gasteiger partial charge in [0.2, 0.25) is 0 Å². The molecule has 0 aromatic carbocycles. The smallest absolute Gasteiger partial charge is 0.145 e. The zero-order chi connectivity index (χ0) is 7.98. The Labute approximate surface area is 60.6 Å². The molecule has 0 unspecified atom stereocenters. The molecule has 0 fully saturated rings. The Kier molecular flexibility index (Phi) is 4.95. The monoisotopic (exact) mass is 144 g/mol. The SMILES string of the molecule is CC#C[C@@H](OC)[C@@H](O)CO. The van der Waals surface area contributed by atoms with E-state index in [1.165, 1.54) is 7.11 Å². The van der Waals surface area contributed by atoms with Crippen LogP contribution in [0, 0.1) is 11.8 Å². The fourth-order valence-electron chi connectivity index (χ4n) is 0.550. The number of aliphatic hydroxyl groups is 2. The van der Waals surface area contributed by atoms with Gasteiger partial charge in [-0.3, -0.25) is 0 Å². The Morgan fingerprint density at radius 3 is 2.50 bits per heavy atom. The third-order valence-corrected chi connectivity index (χ3v) is 1.08. The highest BCUT2D eigenvalue weighted by Gasteiger charge is 2.13. The van der Waals surface area contributed by atoms with E-state index < -0.39 is 12.2 Å². The normalized spacial score (nSPS) is 15.2. The Morgan fingerprint density at radius 1 is 1.60 bits per heavy atom. The van der Waals surface area contributed by atoms with Crippen molar-refractivity contribution in [2.75, 3.05) is 13.7 Å². The van der Waals surface area contributed by atoms with E-state index in [4.69, 9.17) is 14.9 Å². The van der Waals surface area contributed by atoms with Gasteiger partial charge in [0.1, 0.15) is 12.2 Å². The van der Waals surface area contributed by atoms with Gasteiger partial charge in [-0.1, -0.05) is 5.92 Å². The van der Waals surface area contributed by atoms with Gasteiger partial charge in [-0.25, -0.2) is 0 Å². The Balaban J connectivity index is 3.88. The molecule has 10 heavy (non-hydrogen) atoms. The van der Waals surface area contributed by atoms with Crippen molar-refractivity contribution in [1.29, 1.82) is 0 Å². The van der Waals surface area contributed by atoms with Gasteiger partial charge in [0.25, 0.3) is 0 Å². The molecular weight excluding hydrogens is 132 g/mol. The highest BCUT2D eigenvalue weighted by Crippen LogP contribution is 1.94. The maximum absolute atomic E-state index is 8.97. The lowest BCUT2D eigenvalue weighted by molar-refractivity contribution is -0.00857. The zero-order valence-electron chi connectivity index (χ0n) is 6.16. The summed E-state index contributed by atoms with van der Waals surface area (Å²) in [6.07, 6.45) is -1.48. The third kappa shape index (κ3) is 2.83. The highest BCUT2D eigenvalue weighted by molar-refractivity contribution is 5.05. The predicted molar refractivity (Wildman–Crippen MR) is 37.3 cm³/mol. The van der Waals surface area contributed by atoms with E-state index in [0.717, 1.165) is 0 Å². The van der Waals surface area contributed by atoms with Crippen molar-refractivity contribution in [3.8, 4) is 11.8 Å². The zero-order valence-corrected chi connectivity index (χ0v) is 6.16. The van der Waals surface area contributed by atoms with E-state index >= 15 is 0 Å². The van der Waals surface area contributed by atoms with E-state index in [1.54, 1.807) is 6.92 Å². The minimum Gasteiger partial charge on any atom is -0.394 e. The number of hydrogen-bond donors (Lipinski definition) is 2. The molecular formula is C7H12O3. The maximum atomic E-state index is 8.97. The van der Waals surface area contributed by atoms with Crippen LogP contribution in [0.3, 0.4) is 0 Å². The van der Waals surface area contributed by atoms with Gasteiger partial charge in [0.05, 0.1) is 6.61 Å². The first-order valence-electron chi connectivity index (χ1n) is 3.00. The van der Waals surface area contributed by atoms with E-state index in [1.807, 2.05) is 0 Å². The lowest BCUT2D eigenvalue weighted by atomic mass is 10.2. The summed E-state index contributed by atoms with van der Waals surface area (Å²) in [7, 11) is 1.44. The maximum Gasteiger partial charge on any atom is 0.145 e. The Hall–Kier alpha value is -0.560. The third-order valence-electron chi connectivity index (χ3n) is 1.08. The van der Waals surface area contributed by atoms with Crippen LogP contribution in [0.15, 0.2) is 0 Å². The minimum absolute atomic E-state index is 0.326. The summed E-state index contributed by atoms with van der Waals surface area (Å²) in [5.41, 5.74) is 0. The molecule has 2 atom stereocenters. The lowest BCUT2D eigenvalue weighted by Gasteiger charge is -2.12. The summed E-state index contributed by atoms with van der Waals surface area (Å²) in [4.78, 5) is 0. The van der Waals surface area contributed by atoms with Crippen molar-refractivity contribution in [2.24, 2.45) is 0 Å². The molecule has 0 aliphatic heterocycles. The average Bonchev–Trinajstić information content (AvgIpc) is 1.99. The first-order valence-corrected chi connectivity index (χ1v) is 3.00. The van der Waals surface area contributed by atoms with Gasteiger partial charge >= 0.3 is 0 Å². The number of hydrogen-bond acceptors (Lipinski definition) is 3. The molecule has 58 valence electrons. The van der Waals surface area contributed by atoms with Crippen molar-refractivity contribution >= 4 is 0 Å². The van der Waals surface area contributed by atoms with Gasteiger partial charge in [-0.15, -0.1) is 5.92 Å². The molecule has 0 radical (unpaired) electrons. The molecule has 2 N–H and O–H groups in total. The van der Waals surface area contributed by atoms with Gasteiger partial charge in [0, 0.05) is 7.11 Å². The average molecular weight is 144 g/mol. The summed E-state index contributed by atoms with van der Waals surface area (Å²) in [6.45, 7) is 1.32. The first-order chi connectivity index (χ1) is 4.76. The summed E-state index contributed by atoms with van der Waals surface area (Å²) < 4.78 is 4.76. The molecule has 3 nitrogen and oxygen atoms in total. The number of rotatable bonds is 3. The van der Waals surface area contributed by atoms with Gasteiger partial charge in [0.15, 0.2) is 0 Å². The molecule has 3 heteroatoms. The molecule has 0 spiro atoms. The van der Waals surface area contributed by atoms with Crippen LogP contribution in [0.5, 0.6) is 0 Å². The topological polar surface area (TPSA) is 49.7 Å². The summed E-state index contributed by atoms with van der Waals surface area (Å²) in [5.74, 6) is 5.19. The molecule has 0 amide bonds. The van der Waals surface area contributed by atoms with Gasteiger partial charge < -0.3 is 14.9 Å². The van der Waals surface area contributed by atoms with Crippen LogP contribution in [-0.2, 0) is 4.74 Å². The van der Waals surface area contributed by atoms with Crippen LogP contribution in [-0.4, -0.2) is 36.1 Å². The molecule has 0 aliphatic rings. The molecule has 0 aliphatic carbocycles. The van der Waals surface area contributed by atoms with Crippen LogP contribution in [0.1, 0.15) is 6.92 Å². The van der Waals surface area contributed by atoms with Crippen LogP contribution in [0.2, 0.25) is 0 Å². The summed E-state index contributed by atoms with van der Waals surface area (Å²) >= 11 is 0. The van der Waals surface area contributed by atoms with Gasteiger partial charge in [-0.05, 0) is 6.92 Å². The molecule has 0 heterocycles. The predicted octanol–water partition coefficient (Wildman–Crippen LogP) is -0.622. The van der Waals surface area contributed by atoms with Gasteiger partial charge in [-0.2, -0.15) is 0 Å². The Bertz CT molecular complexity index is 134. The molecule has 0 aromatic heterocycles. The minimum atomic E-state index is -0.905. The van der Waals surface area contributed by atoms with Crippen LogP contribution >= 0.6 is 0 Å². The van der Waals surface area contributed by atoms with Crippen molar-refractivity contribution in [2.45, 2.75) is 19.1 Å². The second kappa shape index (κ2) is 5.24.